The molecule has 2 fully saturated rings. The number of anilines is 1. The highest BCUT2D eigenvalue weighted by Gasteiger charge is 2.27. The quantitative estimate of drug-likeness (QED) is 0.650. The number of rotatable bonds is 4. The minimum Gasteiger partial charge on any atom is -0.336 e. The van der Waals surface area contributed by atoms with Crippen LogP contribution in [0.2, 0.25) is 0 Å². The van der Waals surface area contributed by atoms with E-state index in [1.54, 1.807) is 0 Å². The zero-order valence-electron chi connectivity index (χ0n) is 12.6. The lowest BCUT2D eigenvalue weighted by molar-refractivity contribution is 0.0632. The van der Waals surface area contributed by atoms with E-state index in [1.807, 2.05) is 30.0 Å². The standard InChI is InChI=1S/C16H24N4O/c1-12-10-14(4-5-15(12)18-17)16(21)20-8-6-19(7-9-20)11-13-2-3-13/h4-5,10,13,18H,2-3,6-9,11,17H2,1H3. The average Bonchev–Trinajstić information content (AvgIpc) is 3.31. The Morgan fingerprint density at radius 2 is 2.00 bits per heavy atom. The van der Waals surface area contributed by atoms with Crippen LogP contribution in [-0.2, 0) is 0 Å². The van der Waals surface area contributed by atoms with Gasteiger partial charge in [-0.1, -0.05) is 0 Å². The van der Waals surface area contributed by atoms with Crippen molar-refractivity contribution in [3.05, 3.63) is 29.3 Å². The smallest absolute Gasteiger partial charge is 0.253 e. The second kappa shape index (κ2) is 6.03. The SMILES string of the molecule is Cc1cc(C(=O)N2CCN(CC3CC3)CC2)ccc1NN. The van der Waals surface area contributed by atoms with Crippen molar-refractivity contribution in [1.82, 2.24) is 9.80 Å². The Labute approximate surface area is 126 Å². The molecule has 3 rings (SSSR count). The van der Waals surface area contributed by atoms with Crippen molar-refractivity contribution in [3.8, 4) is 0 Å². The van der Waals surface area contributed by atoms with E-state index in [-0.39, 0.29) is 5.91 Å². The summed E-state index contributed by atoms with van der Waals surface area (Å²) < 4.78 is 0. The Hall–Kier alpha value is -1.59. The first-order valence-electron chi connectivity index (χ1n) is 7.76. The van der Waals surface area contributed by atoms with Gasteiger partial charge in [0.05, 0.1) is 5.69 Å². The van der Waals surface area contributed by atoms with Gasteiger partial charge in [0.1, 0.15) is 0 Å². The molecule has 1 amide bonds. The first-order chi connectivity index (χ1) is 10.2. The molecule has 1 heterocycles. The minimum atomic E-state index is 0.132. The molecule has 1 aromatic carbocycles. The number of nitrogen functional groups attached to an aromatic ring is 1. The highest BCUT2D eigenvalue weighted by molar-refractivity contribution is 5.95. The lowest BCUT2D eigenvalue weighted by atomic mass is 10.1. The molecule has 0 atom stereocenters. The molecule has 0 unspecified atom stereocenters. The molecule has 1 aliphatic carbocycles. The molecule has 5 nitrogen and oxygen atoms in total. The first kappa shape index (κ1) is 14.4. The van der Waals surface area contributed by atoms with Crippen LogP contribution >= 0.6 is 0 Å². The van der Waals surface area contributed by atoms with Crippen LogP contribution in [0.3, 0.4) is 0 Å². The van der Waals surface area contributed by atoms with Gasteiger partial charge in [-0.2, -0.15) is 0 Å². The van der Waals surface area contributed by atoms with Crippen LogP contribution in [-0.4, -0.2) is 48.4 Å². The summed E-state index contributed by atoms with van der Waals surface area (Å²) in [6.45, 7) is 6.86. The maximum atomic E-state index is 12.5. The number of piperazine rings is 1. The second-order valence-corrected chi connectivity index (χ2v) is 6.21. The molecular formula is C16H24N4O. The van der Waals surface area contributed by atoms with Crippen LogP contribution in [0.1, 0.15) is 28.8 Å². The van der Waals surface area contributed by atoms with E-state index < -0.39 is 0 Å². The maximum Gasteiger partial charge on any atom is 0.253 e. The van der Waals surface area contributed by atoms with Crippen LogP contribution in [0.25, 0.3) is 0 Å². The summed E-state index contributed by atoms with van der Waals surface area (Å²) >= 11 is 0. The summed E-state index contributed by atoms with van der Waals surface area (Å²) in [4.78, 5) is 17.0. The Morgan fingerprint density at radius 3 is 2.57 bits per heavy atom. The van der Waals surface area contributed by atoms with E-state index in [4.69, 9.17) is 5.84 Å². The molecule has 1 saturated carbocycles. The summed E-state index contributed by atoms with van der Waals surface area (Å²) in [6, 6.07) is 5.63. The topological polar surface area (TPSA) is 61.6 Å². The average molecular weight is 288 g/mol. The van der Waals surface area contributed by atoms with Gasteiger partial charge >= 0.3 is 0 Å². The Morgan fingerprint density at radius 1 is 1.29 bits per heavy atom. The molecule has 0 spiro atoms. The van der Waals surface area contributed by atoms with Crippen molar-refractivity contribution in [2.75, 3.05) is 38.1 Å². The molecule has 0 radical (unpaired) electrons. The third kappa shape index (κ3) is 3.36. The normalized spacial score (nSPS) is 19.6. The summed E-state index contributed by atoms with van der Waals surface area (Å²) in [5.41, 5.74) is 5.25. The monoisotopic (exact) mass is 288 g/mol. The number of hydrazine groups is 1. The number of aryl methyl sites for hydroxylation is 1. The lowest BCUT2D eigenvalue weighted by Crippen LogP contribution is -2.49. The molecule has 2 aliphatic rings. The van der Waals surface area contributed by atoms with E-state index >= 15 is 0 Å². The molecule has 0 bridgehead atoms. The van der Waals surface area contributed by atoms with Gasteiger partial charge in [0.25, 0.3) is 5.91 Å². The summed E-state index contributed by atoms with van der Waals surface area (Å²) in [6.07, 6.45) is 2.78. The van der Waals surface area contributed by atoms with Crippen molar-refractivity contribution in [2.45, 2.75) is 19.8 Å². The minimum absolute atomic E-state index is 0.132. The Bertz CT molecular complexity index is 519. The molecule has 1 aliphatic heterocycles. The highest BCUT2D eigenvalue weighted by atomic mass is 16.2. The Balaban J connectivity index is 1.59. The number of nitrogens with one attached hydrogen (secondary N) is 1. The maximum absolute atomic E-state index is 12.5. The summed E-state index contributed by atoms with van der Waals surface area (Å²) in [5, 5.41) is 0. The molecule has 1 aromatic rings. The van der Waals surface area contributed by atoms with Gasteiger partial charge in [-0.15, -0.1) is 0 Å². The number of nitrogens with two attached hydrogens (primary N) is 1. The van der Waals surface area contributed by atoms with Crippen LogP contribution in [0.5, 0.6) is 0 Å². The predicted octanol–water partition coefficient (Wildman–Crippen LogP) is 1.45. The predicted molar refractivity (Wildman–Crippen MR) is 84.1 cm³/mol. The van der Waals surface area contributed by atoms with Gasteiger partial charge in [0.15, 0.2) is 0 Å². The Kier molecular flexibility index (Phi) is 4.12. The van der Waals surface area contributed by atoms with Crippen molar-refractivity contribution >= 4 is 11.6 Å². The van der Waals surface area contributed by atoms with E-state index in [1.165, 1.54) is 19.4 Å². The fraction of sp³-hybridized carbons (Fsp3) is 0.562. The fourth-order valence-corrected chi connectivity index (χ4v) is 2.94. The number of benzene rings is 1. The van der Waals surface area contributed by atoms with E-state index in [0.717, 1.165) is 48.9 Å². The molecular weight excluding hydrogens is 264 g/mol. The van der Waals surface area contributed by atoms with E-state index in [0.29, 0.717) is 0 Å². The number of amides is 1. The van der Waals surface area contributed by atoms with Gasteiger partial charge in [0.2, 0.25) is 0 Å². The van der Waals surface area contributed by atoms with Gasteiger partial charge in [-0.25, -0.2) is 0 Å². The van der Waals surface area contributed by atoms with Crippen LogP contribution in [0.4, 0.5) is 5.69 Å². The summed E-state index contributed by atoms with van der Waals surface area (Å²) in [5.74, 6) is 6.48. The molecule has 5 heteroatoms. The van der Waals surface area contributed by atoms with E-state index in [9.17, 15) is 4.79 Å². The molecule has 21 heavy (non-hydrogen) atoms. The van der Waals surface area contributed by atoms with Crippen molar-refractivity contribution in [1.29, 1.82) is 0 Å². The number of hydrogen-bond acceptors (Lipinski definition) is 4. The number of carbonyl (C=O) groups is 1. The number of hydrogen-bond donors (Lipinski definition) is 2. The van der Waals surface area contributed by atoms with Crippen LogP contribution in [0.15, 0.2) is 18.2 Å². The lowest BCUT2D eigenvalue weighted by Gasteiger charge is -2.34. The third-order valence-corrected chi connectivity index (χ3v) is 4.50. The van der Waals surface area contributed by atoms with Gasteiger partial charge in [-0.05, 0) is 49.4 Å². The number of nitrogens with zero attached hydrogens (tertiary/aromatic N) is 2. The van der Waals surface area contributed by atoms with Crippen molar-refractivity contribution in [2.24, 2.45) is 11.8 Å². The highest BCUT2D eigenvalue weighted by Crippen LogP contribution is 2.30. The first-order valence-corrected chi connectivity index (χ1v) is 7.76. The third-order valence-electron chi connectivity index (χ3n) is 4.50. The molecule has 3 N–H and O–H groups in total. The zero-order chi connectivity index (χ0) is 14.8. The van der Waals surface area contributed by atoms with Crippen LogP contribution in [0, 0.1) is 12.8 Å². The number of carbonyl (C=O) groups excluding carboxylic acids is 1. The zero-order valence-corrected chi connectivity index (χ0v) is 12.6. The largest absolute Gasteiger partial charge is 0.336 e. The second-order valence-electron chi connectivity index (χ2n) is 6.21. The molecule has 0 aromatic heterocycles. The molecule has 1 saturated heterocycles. The van der Waals surface area contributed by atoms with E-state index in [2.05, 4.69) is 10.3 Å². The molecule has 114 valence electrons. The summed E-state index contributed by atoms with van der Waals surface area (Å²) in [7, 11) is 0. The van der Waals surface area contributed by atoms with Gasteiger partial charge < -0.3 is 10.3 Å². The van der Waals surface area contributed by atoms with Gasteiger partial charge in [-0.3, -0.25) is 15.5 Å². The van der Waals surface area contributed by atoms with Crippen LogP contribution < -0.4 is 11.3 Å². The van der Waals surface area contributed by atoms with Crippen molar-refractivity contribution in [3.63, 3.8) is 0 Å². The fourth-order valence-electron chi connectivity index (χ4n) is 2.94. The van der Waals surface area contributed by atoms with Gasteiger partial charge in [0, 0.05) is 38.3 Å². The van der Waals surface area contributed by atoms with Crippen molar-refractivity contribution < 1.29 is 4.79 Å².